The molecule has 1 aliphatic heterocycles. The summed E-state index contributed by atoms with van der Waals surface area (Å²) < 4.78 is 39.6. The largest absolute Gasteiger partial charge is 0.461 e. The second kappa shape index (κ2) is 9.08. The van der Waals surface area contributed by atoms with E-state index in [0.717, 1.165) is 0 Å². The molecule has 172 valence electrons. The van der Waals surface area contributed by atoms with E-state index >= 15 is 0 Å². The summed E-state index contributed by atoms with van der Waals surface area (Å²) in [6.45, 7) is 6.87. The number of nitrogens with zero attached hydrogens (tertiary/aromatic N) is 6. The lowest BCUT2D eigenvalue weighted by Crippen LogP contribution is -2.51. The Kier molecular flexibility index (Phi) is 6.40. The Bertz CT molecular complexity index is 1170. The van der Waals surface area contributed by atoms with Gasteiger partial charge in [0.05, 0.1) is 12.0 Å². The summed E-state index contributed by atoms with van der Waals surface area (Å²) in [5.74, 6) is 1.62. The molecule has 0 radical (unpaired) electrons. The van der Waals surface area contributed by atoms with Gasteiger partial charge in [0.2, 0.25) is 15.9 Å². The average molecular weight is 481 g/mol. The van der Waals surface area contributed by atoms with Gasteiger partial charge in [-0.1, -0.05) is 16.9 Å². The molecule has 0 saturated carbocycles. The Labute approximate surface area is 189 Å². The van der Waals surface area contributed by atoms with E-state index in [1.807, 2.05) is 17.6 Å². The molecule has 1 aliphatic rings. The number of hydrogen-bond acceptors (Lipinski definition) is 9. The normalized spacial score (nSPS) is 15.4. The summed E-state index contributed by atoms with van der Waals surface area (Å²) in [6, 6.07) is 3.60. The zero-order valence-electron chi connectivity index (χ0n) is 18.0. The lowest BCUT2D eigenvalue weighted by molar-refractivity contribution is -0.129. The number of aryl methyl sites for hydroxylation is 2. The highest BCUT2D eigenvalue weighted by Gasteiger charge is 2.34. The first-order chi connectivity index (χ1) is 15.3. The van der Waals surface area contributed by atoms with Crippen LogP contribution >= 0.6 is 11.8 Å². The Balaban J connectivity index is 1.36. The van der Waals surface area contributed by atoms with Crippen molar-refractivity contribution < 1.29 is 22.2 Å². The van der Waals surface area contributed by atoms with Crippen LogP contribution in [0.3, 0.4) is 0 Å². The number of sulfonamides is 1. The van der Waals surface area contributed by atoms with Crippen molar-refractivity contribution in [3.8, 4) is 11.6 Å². The predicted octanol–water partition coefficient (Wildman–Crippen LogP) is 1.79. The number of thioether (sulfide) groups is 1. The molecule has 3 aromatic heterocycles. The fourth-order valence-corrected chi connectivity index (χ4v) is 6.25. The van der Waals surface area contributed by atoms with Gasteiger partial charge < -0.3 is 13.8 Å². The van der Waals surface area contributed by atoms with Gasteiger partial charge >= 0.3 is 0 Å². The third-order valence-corrected chi connectivity index (χ3v) is 8.35. The molecule has 3 aromatic rings. The second-order valence-corrected chi connectivity index (χ2v) is 10.1. The summed E-state index contributed by atoms with van der Waals surface area (Å²) in [7, 11) is -3.71. The van der Waals surface area contributed by atoms with Crippen molar-refractivity contribution in [2.45, 2.75) is 37.4 Å². The highest BCUT2D eigenvalue weighted by molar-refractivity contribution is 7.99. The summed E-state index contributed by atoms with van der Waals surface area (Å²) in [4.78, 5) is 14.5. The minimum absolute atomic E-state index is 0.0745. The van der Waals surface area contributed by atoms with Crippen LogP contribution in [-0.4, -0.2) is 75.4 Å². The van der Waals surface area contributed by atoms with Crippen molar-refractivity contribution in [2.24, 2.45) is 0 Å². The van der Waals surface area contributed by atoms with Crippen LogP contribution in [-0.2, 0) is 21.4 Å². The Hall–Kier alpha value is -2.64. The van der Waals surface area contributed by atoms with Crippen LogP contribution in [0.1, 0.15) is 18.4 Å². The molecule has 1 fully saturated rings. The molecule has 0 spiro atoms. The molecule has 13 heteroatoms. The number of piperazine rings is 1. The summed E-state index contributed by atoms with van der Waals surface area (Å²) in [6.07, 6.45) is 1.58. The van der Waals surface area contributed by atoms with Crippen molar-refractivity contribution >= 4 is 27.7 Å². The minimum Gasteiger partial charge on any atom is -0.461 e. The minimum atomic E-state index is -3.71. The van der Waals surface area contributed by atoms with E-state index < -0.39 is 10.0 Å². The van der Waals surface area contributed by atoms with E-state index in [0.29, 0.717) is 42.1 Å². The molecule has 0 aromatic carbocycles. The molecular weight excluding hydrogens is 456 g/mol. The highest BCUT2D eigenvalue weighted by atomic mass is 32.2. The maximum absolute atomic E-state index is 12.9. The molecule has 0 N–H and O–H groups in total. The molecule has 0 aliphatic carbocycles. The summed E-state index contributed by atoms with van der Waals surface area (Å²) in [5, 5.41) is 12.7. The quantitative estimate of drug-likeness (QED) is 0.465. The smallest absolute Gasteiger partial charge is 0.248 e. The van der Waals surface area contributed by atoms with E-state index in [2.05, 4.69) is 15.4 Å². The van der Waals surface area contributed by atoms with Gasteiger partial charge in [0.1, 0.15) is 10.6 Å². The molecule has 1 saturated heterocycles. The van der Waals surface area contributed by atoms with Crippen LogP contribution in [0, 0.1) is 13.8 Å². The van der Waals surface area contributed by atoms with E-state index in [1.54, 1.807) is 31.1 Å². The SMILES string of the molecule is CCn1c(SCC(=O)N2CCN(S(=O)(=O)c3c(C)noc3C)CC2)nnc1-c1ccco1. The average Bonchev–Trinajstić information content (AvgIpc) is 3.51. The number of aromatic nitrogens is 4. The zero-order chi connectivity index (χ0) is 22.9. The number of hydrogen-bond donors (Lipinski definition) is 0. The molecule has 0 atom stereocenters. The molecule has 0 unspecified atom stereocenters. The number of amides is 1. The molecule has 4 rings (SSSR count). The maximum atomic E-state index is 12.9. The van der Waals surface area contributed by atoms with Crippen molar-refractivity contribution in [3.05, 3.63) is 29.9 Å². The van der Waals surface area contributed by atoms with Crippen LogP contribution in [0.4, 0.5) is 0 Å². The van der Waals surface area contributed by atoms with E-state index in [9.17, 15) is 13.2 Å². The summed E-state index contributed by atoms with van der Waals surface area (Å²) >= 11 is 1.30. The predicted molar refractivity (Wildman–Crippen MR) is 115 cm³/mol. The van der Waals surface area contributed by atoms with Crippen LogP contribution in [0.25, 0.3) is 11.6 Å². The van der Waals surface area contributed by atoms with Gasteiger partial charge in [0.25, 0.3) is 0 Å². The van der Waals surface area contributed by atoms with Gasteiger partial charge in [0.15, 0.2) is 22.5 Å². The first-order valence-corrected chi connectivity index (χ1v) is 12.6. The van der Waals surface area contributed by atoms with Crippen LogP contribution in [0.2, 0.25) is 0 Å². The van der Waals surface area contributed by atoms with E-state index in [1.165, 1.54) is 16.1 Å². The molecular formula is C19H24N6O5S2. The van der Waals surface area contributed by atoms with Crippen molar-refractivity contribution in [3.63, 3.8) is 0 Å². The first-order valence-electron chi connectivity index (χ1n) is 10.1. The molecule has 4 heterocycles. The number of carbonyl (C=O) groups is 1. The van der Waals surface area contributed by atoms with Crippen molar-refractivity contribution in [2.75, 3.05) is 31.9 Å². The Morgan fingerprint density at radius 1 is 1.19 bits per heavy atom. The Morgan fingerprint density at radius 2 is 1.94 bits per heavy atom. The zero-order valence-corrected chi connectivity index (χ0v) is 19.6. The van der Waals surface area contributed by atoms with E-state index in [-0.39, 0.29) is 35.4 Å². The van der Waals surface area contributed by atoms with Crippen LogP contribution in [0.15, 0.2) is 37.4 Å². The topological polar surface area (TPSA) is 128 Å². The number of furan rings is 1. The van der Waals surface area contributed by atoms with Gasteiger partial charge in [-0.2, -0.15) is 4.31 Å². The van der Waals surface area contributed by atoms with E-state index in [4.69, 9.17) is 8.94 Å². The van der Waals surface area contributed by atoms with Gasteiger partial charge in [0, 0.05) is 32.7 Å². The lowest BCUT2D eigenvalue weighted by atomic mass is 10.3. The van der Waals surface area contributed by atoms with Crippen LogP contribution in [0.5, 0.6) is 0 Å². The molecule has 0 bridgehead atoms. The van der Waals surface area contributed by atoms with Gasteiger partial charge in [-0.05, 0) is 32.9 Å². The second-order valence-electron chi connectivity index (χ2n) is 7.25. The Morgan fingerprint density at radius 3 is 2.53 bits per heavy atom. The molecule has 32 heavy (non-hydrogen) atoms. The summed E-state index contributed by atoms with van der Waals surface area (Å²) in [5.41, 5.74) is 0.339. The monoisotopic (exact) mass is 480 g/mol. The van der Waals surface area contributed by atoms with Crippen LogP contribution < -0.4 is 0 Å². The van der Waals surface area contributed by atoms with Gasteiger partial charge in [-0.15, -0.1) is 10.2 Å². The number of carbonyl (C=O) groups excluding carboxylic acids is 1. The first kappa shape index (κ1) is 22.6. The third kappa shape index (κ3) is 4.19. The number of rotatable bonds is 7. The maximum Gasteiger partial charge on any atom is 0.248 e. The van der Waals surface area contributed by atoms with Crippen molar-refractivity contribution in [1.29, 1.82) is 0 Å². The molecule has 1 amide bonds. The lowest BCUT2D eigenvalue weighted by Gasteiger charge is -2.33. The highest BCUT2D eigenvalue weighted by Crippen LogP contribution is 2.26. The fourth-order valence-electron chi connectivity index (χ4n) is 3.64. The van der Waals surface area contributed by atoms with Gasteiger partial charge in [-0.3, -0.25) is 9.36 Å². The molecule has 11 nitrogen and oxygen atoms in total. The standard InChI is InChI=1S/C19H24N6O5S2/c1-4-25-18(15-6-5-11-29-15)20-21-19(25)31-12-16(26)23-7-9-24(10-8-23)32(27,28)17-13(2)22-30-14(17)3/h5-6,11H,4,7-10,12H2,1-3H3. The van der Waals surface area contributed by atoms with Gasteiger partial charge in [-0.25, -0.2) is 8.42 Å². The third-order valence-electron chi connectivity index (χ3n) is 5.26. The fraction of sp³-hybridized carbons (Fsp3) is 0.474. The van der Waals surface area contributed by atoms with Crippen molar-refractivity contribution in [1.82, 2.24) is 29.1 Å².